The highest BCUT2D eigenvalue weighted by Gasteiger charge is 2.13. The standard InChI is InChI=1S/C19H28N4O2.HI/c1-5-16-15(17(6-2)25-23-16)13-22-19(20-4)21-11-12-24-18-10-8-7-9-14(18)3;/h7-10H,5-6,11-13H2,1-4H3,(H2,20,21,22);1H. The van der Waals surface area contributed by atoms with E-state index in [4.69, 9.17) is 9.26 Å². The zero-order valence-electron chi connectivity index (χ0n) is 16.0. The van der Waals surface area contributed by atoms with Gasteiger partial charge in [0.25, 0.3) is 0 Å². The number of hydrogen-bond donors (Lipinski definition) is 2. The molecule has 0 unspecified atom stereocenters. The Balaban J connectivity index is 0.00000338. The van der Waals surface area contributed by atoms with E-state index in [1.54, 1.807) is 7.05 Å². The summed E-state index contributed by atoms with van der Waals surface area (Å²) in [5.74, 6) is 2.58. The Labute approximate surface area is 172 Å². The first-order chi connectivity index (χ1) is 12.2. The van der Waals surface area contributed by atoms with E-state index in [-0.39, 0.29) is 24.0 Å². The number of guanidine groups is 1. The van der Waals surface area contributed by atoms with Crippen LogP contribution in [-0.2, 0) is 19.4 Å². The first-order valence-corrected chi connectivity index (χ1v) is 8.78. The van der Waals surface area contributed by atoms with E-state index in [1.807, 2.05) is 31.2 Å². The van der Waals surface area contributed by atoms with Crippen molar-refractivity contribution in [3.63, 3.8) is 0 Å². The van der Waals surface area contributed by atoms with Crippen molar-refractivity contribution >= 4 is 29.9 Å². The molecule has 0 fully saturated rings. The zero-order valence-corrected chi connectivity index (χ0v) is 18.3. The Hall–Kier alpha value is -1.77. The fourth-order valence-electron chi connectivity index (χ4n) is 2.58. The summed E-state index contributed by atoms with van der Waals surface area (Å²) in [5, 5.41) is 10.7. The van der Waals surface area contributed by atoms with Crippen molar-refractivity contribution in [1.29, 1.82) is 0 Å². The Kier molecular flexibility index (Phi) is 10.1. The Bertz CT molecular complexity index is 679. The van der Waals surface area contributed by atoms with Gasteiger partial charge in [-0.05, 0) is 25.0 Å². The highest BCUT2D eigenvalue weighted by Crippen LogP contribution is 2.16. The van der Waals surface area contributed by atoms with E-state index in [9.17, 15) is 0 Å². The van der Waals surface area contributed by atoms with Crippen LogP contribution in [0.4, 0.5) is 0 Å². The van der Waals surface area contributed by atoms with Gasteiger partial charge >= 0.3 is 0 Å². The van der Waals surface area contributed by atoms with Crippen LogP contribution in [0.25, 0.3) is 0 Å². The van der Waals surface area contributed by atoms with Crippen LogP contribution in [0.2, 0.25) is 0 Å². The van der Waals surface area contributed by atoms with Crippen LogP contribution in [0.1, 0.15) is 36.4 Å². The minimum Gasteiger partial charge on any atom is -0.491 e. The van der Waals surface area contributed by atoms with Crippen LogP contribution in [-0.4, -0.2) is 31.3 Å². The SMILES string of the molecule is CCc1noc(CC)c1CNC(=NC)NCCOc1ccccc1C.I. The molecular weight excluding hydrogens is 443 g/mol. The van der Waals surface area contributed by atoms with E-state index < -0.39 is 0 Å². The topological polar surface area (TPSA) is 71.7 Å². The van der Waals surface area contributed by atoms with Crippen LogP contribution in [0, 0.1) is 6.92 Å². The monoisotopic (exact) mass is 472 g/mol. The van der Waals surface area contributed by atoms with Crippen molar-refractivity contribution in [2.75, 3.05) is 20.2 Å². The summed E-state index contributed by atoms with van der Waals surface area (Å²) in [5.41, 5.74) is 3.27. The molecule has 0 amide bonds. The van der Waals surface area contributed by atoms with Gasteiger partial charge < -0.3 is 19.9 Å². The van der Waals surface area contributed by atoms with E-state index >= 15 is 0 Å². The molecule has 0 saturated heterocycles. The minimum absolute atomic E-state index is 0. The number of aliphatic imine (C=N–C) groups is 1. The molecule has 1 heterocycles. The molecule has 2 rings (SSSR count). The number of nitrogens with one attached hydrogen (secondary N) is 2. The first kappa shape index (κ1) is 22.3. The lowest BCUT2D eigenvalue weighted by Crippen LogP contribution is -2.39. The fourth-order valence-corrected chi connectivity index (χ4v) is 2.58. The molecule has 0 aliphatic carbocycles. The molecule has 2 aromatic rings. The average Bonchev–Trinajstić information content (AvgIpc) is 3.04. The molecule has 0 aliphatic heterocycles. The summed E-state index contributed by atoms with van der Waals surface area (Å²) >= 11 is 0. The number of hydrogen-bond acceptors (Lipinski definition) is 4. The molecule has 2 N–H and O–H groups in total. The van der Waals surface area contributed by atoms with Crippen molar-refractivity contribution in [3.8, 4) is 5.75 Å². The molecule has 0 radical (unpaired) electrons. The summed E-state index contributed by atoms with van der Waals surface area (Å²) in [7, 11) is 1.76. The number of benzene rings is 1. The largest absolute Gasteiger partial charge is 0.491 e. The molecular formula is C19H29IN4O2. The third-order valence-electron chi connectivity index (χ3n) is 4.01. The second kappa shape index (κ2) is 11.8. The van der Waals surface area contributed by atoms with Gasteiger partial charge in [-0.2, -0.15) is 0 Å². The van der Waals surface area contributed by atoms with Crippen LogP contribution < -0.4 is 15.4 Å². The maximum Gasteiger partial charge on any atom is 0.191 e. The number of halogens is 1. The van der Waals surface area contributed by atoms with Crippen molar-refractivity contribution < 1.29 is 9.26 Å². The van der Waals surface area contributed by atoms with Crippen LogP contribution >= 0.6 is 24.0 Å². The fraction of sp³-hybridized carbons (Fsp3) is 0.474. The second-order valence-electron chi connectivity index (χ2n) is 5.70. The Morgan fingerprint density at radius 3 is 2.62 bits per heavy atom. The van der Waals surface area contributed by atoms with E-state index in [0.29, 0.717) is 19.7 Å². The summed E-state index contributed by atoms with van der Waals surface area (Å²) in [6.07, 6.45) is 1.69. The van der Waals surface area contributed by atoms with Gasteiger partial charge in [-0.1, -0.05) is 37.2 Å². The lowest BCUT2D eigenvalue weighted by molar-refractivity contribution is 0.320. The normalized spacial score (nSPS) is 11.0. The molecule has 0 aliphatic rings. The number of para-hydroxylation sites is 1. The molecule has 144 valence electrons. The Morgan fingerprint density at radius 2 is 1.96 bits per heavy atom. The predicted molar refractivity (Wildman–Crippen MR) is 116 cm³/mol. The number of aromatic nitrogens is 1. The van der Waals surface area contributed by atoms with Gasteiger partial charge in [0, 0.05) is 25.6 Å². The summed E-state index contributed by atoms with van der Waals surface area (Å²) in [6, 6.07) is 8.00. The van der Waals surface area contributed by atoms with Crippen LogP contribution in [0.15, 0.2) is 33.8 Å². The number of nitrogens with zero attached hydrogens (tertiary/aromatic N) is 2. The third-order valence-corrected chi connectivity index (χ3v) is 4.01. The van der Waals surface area contributed by atoms with Crippen molar-refractivity contribution in [1.82, 2.24) is 15.8 Å². The highest BCUT2D eigenvalue weighted by molar-refractivity contribution is 14.0. The lowest BCUT2D eigenvalue weighted by atomic mass is 10.1. The lowest BCUT2D eigenvalue weighted by Gasteiger charge is -2.13. The molecule has 1 aromatic heterocycles. The zero-order chi connectivity index (χ0) is 18.1. The maximum absolute atomic E-state index is 5.78. The Morgan fingerprint density at radius 1 is 1.19 bits per heavy atom. The minimum atomic E-state index is 0. The van der Waals surface area contributed by atoms with Crippen molar-refractivity contribution in [2.24, 2.45) is 4.99 Å². The highest BCUT2D eigenvalue weighted by atomic mass is 127. The van der Waals surface area contributed by atoms with Gasteiger partial charge in [-0.3, -0.25) is 4.99 Å². The summed E-state index contributed by atoms with van der Waals surface area (Å²) in [4.78, 5) is 4.25. The maximum atomic E-state index is 5.78. The number of rotatable bonds is 8. The molecule has 0 atom stereocenters. The number of aryl methyl sites for hydroxylation is 3. The summed E-state index contributed by atoms with van der Waals surface area (Å²) in [6.45, 7) is 8.07. The predicted octanol–water partition coefficient (Wildman–Crippen LogP) is 3.47. The third kappa shape index (κ3) is 6.19. The van der Waals surface area contributed by atoms with Gasteiger partial charge in [-0.25, -0.2) is 0 Å². The first-order valence-electron chi connectivity index (χ1n) is 8.78. The molecule has 26 heavy (non-hydrogen) atoms. The summed E-state index contributed by atoms with van der Waals surface area (Å²) < 4.78 is 11.2. The van der Waals surface area contributed by atoms with Crippen LogP contribution in [0.3, 0.4) is 0 Å². The quantitative estimate of drug-likeness (QED) is 0.267. The second-order valence-corrected chi connectivity index (χ2v) is 5.70. The van der Waals surface area contributed by atoms with Gasteiger partial charge in [0.05, 0.1) is 12.2 Å². The van der Waals surface area contributed by atoms with Crippen molar-refractivity contribution in [2.45, 2.75) is 40.2 Å². The van der Waals surface area contributed by atoms with E-state index in [1.165, 1.54) is 0 Å². The number of ether oxygens (including phenoxy) is 1. The molecule has 0 spiro atoms. The smallest absolute Gasteiger partial charge is 0.191 e. The van der Waals surface area contributed by atoms with Crippen LogP contribution in [0.5, 0.6) is 5.75 Å². The van der Waals surface area contributed by atoms with Gasteiger partial charge in [0.1, 0.15) is 18.1 Å². The van der Waals surface area contributed by atoms with Gasteiger partial charge in [-0.15, -0.1) is 24.0 Å². The molecule has 0 saturated carbocycles. The molecule has 1 aromatic carbocycles. The van der Waals surface area contributed by atoms with E-state index in [2.05, 4.69) is 34.6 Å². The van der Waals surface area contributed by atoms with E-state index in [0.717, 1.165) is 47.1 Å². The van der Waals surface area contributed by atoms with Gasteiger partial charge in [0.2, 0.25) is 0 Å². The molecule has 7 heteroatoms. The molecule has 0 bridgehead atoms. The van der Waals surface area contributed by atoms with Crippen molar-refractivity contribution in [3.05, 3.63) is 46.8 Å². The van der Waals surface area contributed by atoms with Gasteiger partial charge in [0.15, 0.2) is 5.96 Å². The average molecular weight is 472 g/mol. The molecule has 6 nitrogen and oxygen atoms in total.